The monoisotopic (exact) mass is 279 g/mol. The molecule has 0 aliphatic carbocycles. The first kappa shape index (κ1) is 13.5. The minimum atomic E-state index is 0.0316. The quantitative estimate of drug-likeness (QED) is 0.777. The fourth-order valence-electron chi connectivity index (χ4n) is 2.25. The number of hydrogen-bond acceptors (Lipinski definition) is 4. The van der Waals surface area contributed by atoms with Gasteiger partial charge in [-0.1, -0.05) is 36.4 Å². The molecule has 3 rings (SSSR count). The fourth-order valence-corrected chi connectivity index (χ4v) is 2.25. The molecule has 0 bridgehead atoms. The maximum Gasteiger partial charge on any atom is 0.146 e. The second-order valence-electron chi connectivity index (χ2n) is 4.84. The lowest BCUT2D eigenvalue weighted by molar-refractivity contribution is 0.563. The van der Waals surface area contributed by atoms with Gasteiger partial charge in [0.25, 0.3) is 0 Å². The highest BCUT2D eigenvalue weighted by atomic mass is 15.3. The molecule has 2 heterocycles. The molecule has 3 aromatic rings. The van der Waals surface area contributed by atoms with Gasteiger partial charge in [0.1, 0.15) is 12.2 Å². The summed E-state index contributed by atoms with van der Waals surface area (Å²) in [4.78, 5) is 4.47. The van der Waals surface area contributed by atoms with Crippen LogP contribution in [0.25, 0.3) is 0 Å². The van der Waals surface area contributed by atoms with E-state index in [-0.39, 0.29) is 6.04 Å². The number of aromatic nitrogens is 4. The molecule has 1 unspecified atom stereocenters. The van der Waals surface area contributed by atoms with Crippen LogP contribution in [0.2, 0.25) is 0 Å². The topological polar surface area (TPSA) is 55.6 Å². The predicted octanol–water partition coefficient (Wildman–Crippen LogP) is 2.09. The molecule has 1 atom stereocenters. The van der Waals surface area contributed by atoms with Crippen LogP contribution in [-0.4, -0.2) is 19.7 Å². The maximum absolute atomic E-state index is 4.47. The van der Waals surface area contributed by atoms with Crippen LogP contribution in [0.5, 0.6) is 0 Å². The van der Waals surface area contributed by atoms with Crippen LogP contribution in [0.15, 0.2) is 61.1 Å². The first-order valence-corrected chi connectivity index (χ1v) is 6.87. The predicted molar refractivity (Wildman–Crippen MR) is 80.4 cm³/mol. The summed E-state index contributed by atoms with van der Waals surface area (Å²) in [5, 5.41) is 11.5. The lowest BCUT2D eigenvalue weighted by Gasteiger charge is -2.18. The van der Waals surface area contributed by atoms with Gasteiger partial charge in [-0.05, 0) is 17.7 Å². The molecule has 1 aromatic carbocycles. The van der Waals surface area contributed by atoms with Crippen molar-refractivity contribution in [1.29, 1.82) is 0 Å². The molecule has 21 heavy (non-hydrogen) atoms. The largest absolute Gasteiger partial charge is 0.320 e. The van der Waals surface area contributed by atoms with E-state index in [1.54, 1.807) is 6.33 Å². The minimum absolute atomic E-state index is 0.0316. The van der Waals surface area contributed by atoms with Crippen molar-refractivity contribution in [1.82, 2.24) is 25.1 Å². The number of aryl methyl sites for hydroxylation is 1. The maximum atomic E-state index is 4.47. The van der Waals surface area contributed by atoms with Crippen molar-refractivity contribution in [3.05, 3.63) is 78.1 Å². The van der Waals surface area contributed by atoms with Gasteiger partial charge in [0.15, 0.2) is 0 Å². The van der Waals surface area contributed by atoms with Crippen molar-refractivity contribution in [3.63, 3.8) is 0 Å². The molecule has 0 fully saturated rings. The Morgan fingerprint density at radius 2 is 1.90 bits per heavy atom. The van der Waals surface area contributed by atoms with Crippen molar-refractivity contribution < 1.29 is 0 Å². The molecular weight excluding hydrogens is 262 g/mol. The van der Waals surface area contributed by atoms with Gasteiger partial charge in [-0.3, -0.25) is 10.3 Å². The second-order valence-corrected chi connectivity index (χ2v) is 4.84. The van der Waals surface area contributed by atoms with E-state index < -0.39 is 0 Å². The lowest BCUT2D eigenvalue weighted by atomic mass is 10.0. The first-order valence-electron chi connectivity index (χ1n) is 6.87. The molecule has 2 aromatic heterocycles. The molecule has 0 aliphatic heterocycles. The van der Waals surface area contributed by atoms with Crippen LogP contribution in [0.4, 0.5) is 0 Å². The number of benzene rings is 1. The highest BCUT2D eigenvalue weighted by molar-refractivity contribution is 5.27. The third-order valence-electron chi connectivity index (χ3n) is 3.39. The summed E-state index contributed by atoms with van der Waals surface area (Å²) >= 11 is 0. The number of pyridine rings is 1. The molecule has 5 nitrogen and oxygen atoms in total. The van der Waals surface area contributed by atoms with E-state index in [0.29, 0.717) is 6.54 Å². The molecule has 1 N–H and O–H groups in total. The highest BCUT2D eigenvalue weighted by Crippen LogP contribution is 2.20. The summed E-state index contributed by atoms with van der Waals surface area (Å²) in [5.74, 6) is 0.895. The van der Waals surface area contributed by atoms with Gasteiger partial charge in [0.2, 0.25) is 0 Å². The van der Waals surface area contributed by atoms with Gasteiger partial charge in [0, 0.05) is 13.2 Å². The Labute approximate surface area is 123 Å². The number of rotatable bonds is 5. The summed E-state index contributed by atoms with van der Waals surface area (Å²) in [6.45, 7) is 0.632. The van der Waals surface area contributed by atoms with Crippen LogP contribution in [-0.2, 0) is 13.6 Å². The molecule has 0 saturated carbocycles. The minimum Gasteiger partial charge on any atom is -0.320 e. The first-order chi connectivity index (χ1) is 10.3. The molecule has 0 radical (unpaired) electrons. The van der Waals surface area contributed by atoms with Crippen LogP contribution >= 0.6 is 0 Å². The Balaban J connectivity index is 1.85. The SMILES string of the molecule is Cn1cnnc1CNC(c1ccccc1)c1ccccn1. The van der Waals surface area contributed by atoms with Gasteiger partial charge in [-0.25, -0.2) is 0 Å². The Morgan fingerprint density at radius 3 is 2.57 bits per heavy atom. The zero-order valence-electron chi connectivity index (χ0n) is 11.8. The summed E-state index contributed by atoms with van der Waals surface area (Å²) in [7, 11) is 1.94. The Kier molecular flexibility index (Phi) is 4.02. The second kappa shape index (κ2) is 6.28. The highest BCUT2D eigenvalue weighted by Gasteiger charge is 2.15. The van der Waals surface area contributed by atoms with Crippen molar-refractivity contribution in [2.75, 3.05) is 0 Å². The van der Waals surface area contributed by atoms with Crippen LogP contribution < -0.4 is 5.32 Å². The third kappa shape index (κ3) is 3.14. The van der Waals surface area contributed by atoms with Crippen LogP contribution in [0, 0.1) is 0 Å². The summed E-state index contributed by atoms with van der Waals surface area (Å²) < 4.78 is 1.91. The van der Waals surface area contributed by atoms with Gasteiger partial charge >= 0.3 is 0 Å². The average molecular weight is 279 g/mol. The number of hydrogen-bond donors (Lipinski definition) is 1. The van der Waals surface area contributed by atoms with E-state index in [0.717, 1.165) is 11.5 Å². The zero-order chi connectivity index (χ0) is 14.5. The van der Waals surface area contributed by atoms with Crippen molar-refractivity contribution >= 4 is 0 Å². The molecular formula is C16H17N5. The Bertz CT molecular complexity index is 639. The van der Waals surface area contributed by atoms with E-state index in [4.69, 9.17) is 0 Å². The average Bonchev–Trinajstić information content (AvgIpc) is 2.95. The van der Waals surface area contributed by atoms with E-state index in [9.17, 15) is 0 Å². The Morgan fingerprint density at radius 1 is 1.10 bits per heavy atom. The van der Waals surface area contributed by atoms with Gasteiger partial charge in [-0.2, -0.15) is 0 Å². The van der Waals surface area contributed by atoms with Crippen molar-refractivity contribution in [2.45, 2.75) is 12.6 Å². The van der Waals surface area contributed by atoms with E-state index in [1.165, 1.54) is 5.56 Å². The number of nitrogens with one attached hydrogen (secondary N) is 1. The molecule has 0 spiro atoms. The van der Waals surface area contributed by atoms with Crippen molar-refractivity contribution in [2.24, 2.45) is 7.05 Å². The standard InChI is InChI=1S/C16H17N5/c1-21-12-19-20-15(21)11-18-16(13-7-3-2-4-8-13)14-9-5-6-10-17-14/h2-10,12,16,18H,11H2,1H3. The molecule has 0 saturated heterocycles. The Hall–Kier alpha value is -2.53. The molecule has 5 heteroatoms. The van der Waals surface area contributed by atoms with Gasteiger partial charge in [0.05, 0.1) is 18.3 Å². The number of nitrogens with zero attached hydrogens (tertiary/aromatic N) is 4. The van der Waals surface area contributed by atoms with E-state index in [1.807, 2.05) is 54.2 Å². The van der Waals surface area contributed by atoms with Gasteiger partial charge < -0.3 is 4.57 Å². The van der Waals surface area contributed by atoms with Gasteiger partial charge in [-0.15, -0.1) is 10.2 Å². The summed E-state index contributed by atoms with van der Waals surface area (Å²) in [6.07, 6.45) is 3.52. The zero-order valence-corrected chi connectivity index (χ0v) is 11.8. The molecule has 0 amide bonds. The normalized spacial score (nSPS) is 12.2. The molecule has 0 aliphatic rings. The smallest absolute Gasteiger partial charge is 0.146 e. The van der Waals surface area contributed by atoms with Crippen LogP contribution in [0.3, 0.4) is 0 Å². The fraction of sp³-hybridized carbons (Fsp3) is 0.188. The molecule has 106 valence electrons. The van der Waals surface area contributed by atoms with E-state index in [2.05, 4.69) is 32.6 Å². The summed E-state index contributed by atoms with van der Waals surface area (Å²) in [6, 6.07) is 16.3. The van der Waals surface area contributed by atoms with Crippen molar-refractivity contribution in [3.8, 4) is 0 Å². The van der Waals surface area contributed by atoms with Crippen LogP contribution in [0.1, 0.15) is 23.1 Å². The third-order valence-corrected chi connectivity index (χ3v) is 3.39. The summed E-state index contributed by atoms with van der Waals surface area (Å²) in [5.41, 5.74) is 2.17. The van der Waals surface area contributed by atoms with E-state index >= 15 is 0 Å². The lowest BCUT2D eigenvalue weighted by Crippen LogP contribution is -2.24.